The van der Waals surface area contributed by atoms with Gasteiger partial charge in [0, 0.05) is 39.3 Å². The molecule has 0 radical (unpaired) electrons. The number of nitrogens with zero attached hydrogens (tertiary/aromatic N) is 3. The van der Waals surface area contributed by atoms with Crippen LogP contribution in [0.3, 0.4) is 0 Å². The second kappa shape index (κ2) is 8.87. The summed E-state index contributed by atoms with van der Waals surface area (Å²) in [6, 6.07) is 6.89. The highest BCUT2D eigenvalue weighted by Crippen LogP contribution is 2.20. The molecule has 4 nitrogen and oxygen atoms in total. The van der Waals surface area contributed by atoms with Crippen LogP contribution in [0, 0.1) is 5.82 Å². The van der Waals surface area contributed by atoms with Gasteiger partial charge in [0.1, 0.15) is 5.82 Å². The van der Waals surface area contributed by atoms with Gasteiger partial charge in [0.05, 0.1) is 12.2 Å². The topological polar surface area (TPSA) is 26.8 Å². The van der Waals surface area contributed by atoms with Crippen LogP contribution in [-0.2, 0) is 4.79 Å². The third-order valence-electron chi connectivity index (χ3n) is 4.26. The molecule has 1 amide bonds. The molecule has 5 heteroatoms. The predicted octanol–water partition coefficient (Wildman–Crippen LogP) is 2.60. The molecule has 1 saturated heterocycles. The number of benzene rings is 1. The van der Waals surface area contributed by atoms with Gasteiger partial charge >= 0.3 is 0 Å². The van der Waals surface area contributed by atoms with Gasteiger partial charge in [-0.25, -0.2) is 4.39 Å². The summed E-state index contributed by atoms with van der Waals surface area (Å²) in [5, 5.41) is 0. The van der Waals surface area contributed by atoms with Crippen molar-refractivity contribution in [3.63, 3.8) is 0 Å². The maximum Gasteiger partial charge on any atom is 0.236 e. The Bertz CT molecular complexity index is 495. The molecule has 0 unspecified atom stereocenters. The molecule has 1 aliphatic heterocycles. The molecular formula is C18H28FN3O. The van der Waals surface area contributed by atoms with Crippen molar-refractivity contribution in [2.75, 3.05) is 50.7 Å². The second-order valence-electron chi connectivity index (χ2n) is 6.10. The highest BCUT2D eigenvalue weighted by Gasteiger charge is 2.22. The maximum atomic E-state index is 13.8. The lowest BCUT2D eigenvalue weighted by Gasteiger charge is -2.36. The number of piperazine rings is 1. The number of carbonyl (C=O) groups excluding carboxylic acids is 1. The van der Waals surface area contributed by atoms with Gasteiger partial charge in [0.15, 0.2) is 0 Å². The minimum Gasteiger partial charge on any atom is -0.367 e. The van der Waals surface area contributed by atoms with Crippen LogP contribution in [0.1, 0.15) is 26.7 Å². The minimum absolute atomic E-state index is 0.172. The van der Waals surface area contributed by atoms with Crippen molar-refractivity contribution >= 4 is 11.6 Å². The lowest BCUT2D eigenvalue weighted by molar-refractivity contribution is -0.132. The number of amides is 1. The van der Waals surface area contributed by atoms with E-state index < -0.39 is 0 Å². The number of rotatable bonds is 7. The first kappa shape index (κ1) is 17.7. The van der Waals surface area contributed by atoms with E-state index in [1.54, 1.807) is 6.07 Å². The van der Waals surface area contributed by atoms with Crippen LogP contribution in [0.5, 0.6) is 0 Å². The van der Waals surface area contributed by atoms with Gasteiger partial charge in [0.2, 0.25) is 5.91 Å². The molecule has 1 aliphatic rings. The van der Waals surface area contributed by atoms with Gasteiger partial charge in [0.25, 0.3) is 0 Å². The summed E-state index contributed by atoms with van der Waals surface area (Å²) in [7, 11) is 0. The fourth-order valence-corrected chi connectivity index (χ4v) is 3.05. The normalized spacial score (nSPS) is 15.7. The third-order valence-corrected chi connectivity index (χ3v) is 4.26. The van der Waals surface area contributed by atoms with E-state index in [-0.39, 0.29) is 11.7 Å². The molecule has 0 N–H and O–H groups in total. The first-order valence-electron chi connectivity index (χ1n) is 8.65. The highest BCUT2D eigenvalue weighted by molar-refractivity contribution is 5.78. The lowest BCUT2D eigenvalue weighted by atomic mass is 10.2. The summed E-state index contributed by atoms with van der Waals surface area (Å²) < 4.78 is 13.8. The Labute approximate surface area is 138 Å². The van der Waals surface area contributed by atoms with Crippen molar-refractivity contribution in [1.82, 2.24) is 9.80 Å². The summed E-state index contributed by atoms with van der Waals surface area (Å²) in [5.41, 5.74) is 0.664. The van der Waals surface area contributed by atoms with E-state index in [9.17, 15) is 9.18 Å². The van der Waals surface area contributed by atoms with E-state index in [4.69, 9.17) is 0 Å². The summed E-state index contributed by atoms with van der Waals surface area (Å²) >= 11 is 0. The molecule has 23 heavy (non-hydrogen) atoms. The summed E-state index contributed by atoms with van der Waals surface area (Å²) in [5.74, 6) is 0.0436. The Morgan fingerprint density at radius 2 is 1.70 bits per heavy atom. The van der Waals surface area contributed by atoms with Gasteiger partial charge in [-0.15, -0.1) is 0 Å². The Morgan fingerprint density at radius 1 is 1.09 bits per heavy atom. The number of carbonyl (C=O) groups is 1. The number of para-hydroxylation sites is 1. The van der Waals surface area contributed by atoms with E-state index in [1.807, 2.05) is 17.0 Å². The average molecular weight is 321 g/mol. The zero-order chi connectivity index (χ0) is 16.7. The average Bonchev–Trinajstić information content (AvgIpc) is 2.56. The molecule has 1 aromatic carbocycles. The molecule has 0 aromatic heterocycles. The van der Waals surface area contributed by atoms with E-state index in [2.05, 4.69) is 23.6 Å². The monoisotopic (exact) mass is 321 g/mol. The van der Waals surface area contributed by atoms with Crippen molar-refractivity contribution in [2.45, 2.75) is 26.7 Å². The lowest BCUT2D eigenvalue weighted by Crippen LogP contribution is -2.50. The van der Waals surface area contributed by atoms with Crippen molar-refractivity contribution in [3.05, 3.63) is 30.1 Å². The first-order valence-corrected chi connectivity index (χ1v) is 8.65. The molecule has 2 rings (SSSR count). The minimum atomic E-state index is -0.172. The Hall–Kier alpha value is -1.62. The van der Waals surface area contributed by atoms with E-state index >= 15 is 0 Å². The van der Waals surface area contributed by atoms with Gasteiger partial charge in [-0.1, -0.05) is 26.0 Å². The zero-order valence-electron chi connectivity index (χ0n) is 14.3. The number of anilines is 1. The molecule has 0 bridgehead atoms. The second-order valence-corrected chi connectivity index (χ2v) is 6.10. The number of hydrogen-bond acceptors (Lipinski definition) is 3. The molecule has 1 aromatic rings. The summed E-state index contributed by atoms with van der Waals surface area (Å²) in [6.07, 6.45) is 1.99. The van der Waals surface area contributed by atoms with E-state index in [0.717, 1.165) is 52.1 Å². The molecule has 1 fully saturated rings. The zero-order valence-corrected chi connectivity index (χ0v) is 14.3. The molecule has 1 heterocycles. The van der Waals surface area contributed by atoms with Gasteiger partial charge in [-0.05, 0) is 25.0 Å². The van der Waals surface area contributed by atoms with Crippen LogP contribution in [0.15, 0.2) is 24.3 Å². The molecular weight excluding hydrogens is 293 g/mol. The van der Waals surface area contributed by atoms with Crippen molar-refractivity contribution in [3.8, 4) is 0 Å². The van der Waals surface area contributed by atoms with Gasteiger partial charge in [-0.2, -0.15) is 0 Å². The highest BCUT2D eigenvalue weighted by atomic mass is 19.1. The Kier molecular flexibility index (Phi) is 6.84. The van der Waals surface area contributed by atoms with E-state index in [0.29, 0.717) is 12.2 Å². The van der Waals surface area contributed by atoms with Crippen molar-refractivity contribution in [1.29, 1.82) is 0 Å². The number of halogens is 1. The van der Waals surface area contributed by atoms with Crippen LogP contribution >= 0.6 is 0 Å². The van der Waals surface area contributed by atoms with Crippen molar-refractivity contribution < 1.29 is 9.18 Å². The molecule has 0 atom stereocenters. The fraction of sp³-hybridized carbons (Fsp3) is 0.611. The van der Waals surface area contributed by atoms with Crippen molar-refractivity contribution in [2.24, 2.45) is 0 Å². The Balaban J connectivity index is 1.84. The smallest absolute Gasteiger partial charge is 0.236 e. The van der Waals surface area contributed by atoms with Gasteiger partial charge < -0.3 is 9.80 Å². The third kappa shape index (κ3) is 4.93. The predicted molar refractivity (Wildman–Crippen MR) is 92.2 cm³/mol. The molecule has 0 spiro atoms. The van der Waals surface area contributed by atoms with E-state index in [1.165, 1.54) is 6.07 Å². The van der Waals surface area contributed by atoms with Crippen LogP contribution in [0.25, 0.3) is 0 Å². The van der Waals surface area contributed by atoms with Crippen LogP contribution in [0.2, 0.25) is 0 Å². The first-order chi connectivity index (χ1) is 11.2. The number of hydrogen-bond donors (Lipinski definition) is 0. The maximum absolute atomic E-state index is 13.8. The van der Waals surface area contributed by atoms with Crippen LogP contribution in [0.4, 0.5) is 10.1 Å². The fourth-order valence-electron chi connectivity index (χ4n) is 3.05. The largest absolute Gasteiger partial charge is 0.367 e. The molecule has 0 saturated carbocycles. The SMILES string of the molecule is CCCN(CCC)C(=O)CN1CCN(c2ccccc2F)CC1. The Morgan fingerprint density at radius 3 is 2.26 bits per heavy atom. The molecule has 0 aliphatic carbocycles. The quantitative estimate of drug-likeness (QED) is 0.772. The summed E-state index contributed by atoms with van der Waals surface area (Å²) in [4.78, 5) is 18.6. The van der Waals surface area contributed by atoms with Crippen LogP contribution < -0.4 is 4.90 Å². The molecule has 128 valence electrons. The standard InChI is InChI=1S/C18H28FN3O/c1-3-9-22(10-4-2)18(23)15-20-11-13-21(14-12-20)17-8-6-5-7-16(17)19/h5-8H,3-4,9-15H2,1-2H3. The van der Waals surface area contributed by atoms with Gasteiger partial charge in [-0.3, -0.25) is 9.69 Å². The summed E-state index contributed by atoms with van der Waals surface area (Å²) in [6.45, 7) is 9.46. The van der Waals surface area contributed by atoms with Crippen LogP contribution in [-0.4, -0.2) is 61.5 Å².